The maximum absolute atomic E-state index is 11.1. The third kappa shape index (κ3) is 2.89. The highest BCUT2D eigenvalue weighted by Crippen LogP contribution is 2.28. The highest BCUT2D eigenvalue weighted by atomic mass is 79.9. The molecule has 0 saturated heterocycles. The largest absolute Gasteiger partial charge is 0.469 e. The molecular weight excluding hydrogens is 328 g/mol. The Morgan fingerprint density at radius 1 is 1.47 bits per heavy atom. The van der Waals surface area contributed by atoms with Gasteiger partial charge in [0.2, 0.25) is 0 Å². The molecular formula is C10H8Br2O3. The minimum absolute atomic E-state index is 0.124. The van der Waals surface area contributed by atoms with E-state index < -0.39 is 0 Å². The molecule has 0 radical (unpaired) electrons. The lowest BCUT2D eigenvalue weighted by Gasteiger charge is -2.07. The highest BCUT2D eigenvalue weighted by molar-refractivity contribution is 9.11. The van der Waals surface area contributed by atoms with Gasteiger partial charge in [-0.2, -0.15) is 0 Å². The SMILES string of the molecule is COC(=O)Cc1c(Br)ccc(C=O)c1Br. The minimum atomic E-state index is -0.348. The monoisotopic (exact) mass is 334 g/mol. The molecule has 0 unspecified atom stereocenters. The second-order valence-electron chi connectivity index (χ2n) is 2.80. The van der Waals surface area contributed by atoms with Crippen LogP contribution in [0.2, 0.25) is 0 Å². The number of carbonyl (C=O) groups is 2. The van der Waals surface area contributed by atoms with Crippen molar-refractivity contribution in [3.8, 4) is 0 Å². The fraction of sp³-hybridized carbons (Fsp3) is 0.200. The van der Waals surface area contributed by atoms with E-state index in [0.29, 0.717) is 15.6 Å². The van der Waals surface area contributed by atoms with Crippen molar-refractivity contribution in [2.75, 3.05) is 7.11 Å². The van der Waals surface area contributed by atoms with E-state index in [0.717, 1.165) is 10.8 Å². The van der Waals surface area contributed by atoms with Gasteiger partial charge in [0.25, 0.3) is 0 Å². The number of methoxy groups -OCH3 is 1. The third-order valence-corrected chi connectivity index (χ3v) is 3.57. The van der Waals surface area contributed by atoms with Gasteiger partial charge in [0.15, 0.2) is 6.29 Å². The molecule has 0 saturated carbocycles. The Bertz CT molecular complexity index is 402. The second kappa shape index (κ2) is 5.42. The number of hydrogen-bond acceptors (Lipinski definition) is 3. The lowest BCUT2D eigenvalue weighted by atomic mass is 10.1. The third-order valence-electron chi connectivity index (χ3n) is 1.89. The van der Waals surface area contributed by atoms with Gasteiger partial charge in [-0.1, -0.05) is 15.9 Å². The predicted molar refractivity (Wildman–Crippen MR) is 62.9 cm³/mol. The number of carbonyl (C=O) groups excluding carboxylic acids is 2. The summed E-state index contributed by atoms with van der Waals surface area (Å²) in [7, 11) is 1.33. The van der Waals surface area contributed by atoms with Crippen LogP contribution in [0.25, 0.3) is 0 Å². The first-order valence-corrected chi connectivity index (χ1v) is 5.67. The summed E-state index contributed by atoms with van der Waals surface area (Å²) >= 11 is 6.60. The summed E-state index contributed by atoms with van der Waals surface area (Å²) in [5, 5.41) is 0. The summed E-state index contributed by atoms with van der Waals surface area (Å²) in [5.41, 5.74) is 1.23. The van der Waals surface area contributed by atoms with E-state index in [9.17, 15) is 9.59 Å². The lowest BCUT2D eigenvalue weighted by Crippen LogP contribution is -2.06. The minimum Gasteiger partial charge on any atom is -0.469 e. The molecule has 1 aromatic carbocycles. The van der Waals surface area contributed by atoms with E-state index in [-0.39, 0.29) is 12.4 Å². The fourth-order valence-electron chi connectivity index (χ4n) is 1.09. The van der Waals surface area contributed by atoms with Gasteiger partial charge in [-0.05, 0) is 33.6 Å². The average Bonchev–Trinajstić information content (AvgIpc) is 2.24. The normalized spacial score (nSPS) is 9.80. The number of hydrogen-bond donors (Lipinski definition) is 0. The van der Waals surface area contributed by atoms with Crippen molar-refractivity contribution in [1.29, 1.82) is 0 Å². The first-order valence-electron chi connectivity index (χ1n) is 4.09. The van der Waals surface area contributed by atoms with Gasteiger partial charge >= 0.3 is 5.97 Å². The van der Waals surface area contributed by atoms with Crippen LogP contribution in [0.5, 0.6) is 0 Å². The molecule has 0 atom stereocenters. The molecule has 0 aromatic heterocycles. The molecule has 0 aliphatic rings. The molecule has 0 spiro atoms. The van der Waals surface area contributed by atoms with E-state index in [1.54, 1.807) is 12.1 Å². The highest BCUT2D eigenvalue weighted by Gasteiger charge is 2.13. The van der Waals surface area contributed by atoms with Crippen molar-refractivity contribution in [3.63, 3.8) is 0 Å². The maximum Gasteiger partial charge on any atom is 0.310 e. The van der Waals surface area contributed by atoms with Crippen molar-refractivity contribution in [1.82, 2.24) is 0 Å². The Morgan fingerprint density at radius 2 is 2.13 bits per heavy atom. The molecule has 3 nitrogen and oxygen atoms in total. The second-order valence-corrected chi connectivity index (χ2v) is 4.45. The van der Waals surface area contributed by atoms with Crippen LogP contribution in [-0.2, 0) is 16.0 Å². The van der Waals surface area contributed by atoms with E-state index in [4.69, 9.17) is 0 Å². The van der Waals surface area contributed by atoms with Gasteiger partial charge in [-0.15, -0.1) is 0 Å². The quantitative estimate of drug-likeness (QED) is 0.630. The van der Waals surface area contributed by atoms with Crippen molar-refractivity contribution in [2.24, 2.45) is 0 Å². The van der Waals surface area contributed by atoms with Gasteiger partial charge in [0, 0.05) is 14.5 Å². The number of ether oxygens (including phenoxy) is 1. The summed E-state index contributed by atoms with van der Waals surface area (Å²) in [6, 6.07) is 3.40. The summed E-state index contributed by atoms with van der Waals surface area (Å²) in [6.07, 6.45) is 0.858. The maximum atomic E-state index is 11.1. The molecule has 0 fully saturated rings. The van der Waals surface area contributed by atoms with E-state index in [1.807, 2.05) is 0 Å². The molecule has 1 aromatic rings. The molecule has 0 aliphatic heterocycles. The van der Waals surface area contributed by atoms with Crippen LogP contribution in [0, 0.1) is 0 Å². The average molecular weight is 336 g/mol. The van der Waals surface area contributed by atoms with E-state index in [1.165, 1.54) is 7.11 Å². The molecule has 15 heavy (non-hydrogen) atoms. The van der Waals surface area contributed by atoms with E-state index in [2.05, 4.69) is 36.6 Å². The number of halogens is 2. The molecule has 0 N–H and O–H groups in total. The smallest absolute Gasteiger partial charge is 0.310 e. The van der Waals surface area contributed by atoms with Gasteiger partial charge < -0.3 is 4.74 Å². The molecule has 0 bridgehead atoms. The Balaban J connectivity index is 3.15. The first-order chi connectivity index (χ1) is 7.10. The summed E-state index contributed by atoms with van der Waals surface area (Å²) in [5.74, 6) is -0.348. The van der Waals surface area contributed by atoms with Gasteiger partial charge in [0.05, 0.1) is 13.5 Å². The van der Waals surface area contributed by atoms with Gasteiger partial charge in [-0.3, -0.25) is 9.59 Å². The first kappa shape index (κ1) is 12.4. The van der Waals surface area contributed by atoms with E-state index >= 15 is 0 Å². The van der Waals surface area contributed by atoms with Gasteiger partial charge in [0.1, 0.15) is 0 Å². The van der Waals surface area contributed by atoms with Crippen molar-refractivity contribution in [3.05, 3.63) is 32.2 Å². The Hall–Kier alpha value is -0.680. The van der Waals surface area contributed by atoms with Crippen molar-refractivity contribution in [2.45, 2.75) is 6.42 Å². The predicted octanol–water partition coefficient (Wildman–Crippen LogP) is 2.74. The van der Waals surface area contributed by atoms with Crippen LogP contribution < -0.4 is 0 Å². The molecule has 80 valence electrons. The summed E-state index contributed by atoms with van der Waals surface area (Å²) in [6.45, 7) is 0. The standard InChI is InChI=1S/C10H8Br2O3/c1-15-9(14)4-7-8(11)3-2-6(5-13)10(7)12/h2-3,5H,4H2,1H3. The number of aldehydes is 1. The zero-order valence-corrected chi connectivity index (χ0v) is 11.1. The van der Waals surface area contributed by atoms with Crippen LogP contribution in [0.3, 0.4) is 0 Å². The molecule has 0 heterocycles. The van der Waals surface area contributed by atoms with Crippen molar-refractivity contribution < 1.29 is 14.3 Å². The Morgan fingerprint density at radius 3 is 2.67 bits per heavy atom. The molecule has 1 rings (SSSR count). The summed E-state index contributed by atoms with van der Waals surface area (Å²) < 4.78 is 5.96. The van der Waals surface area contributed by atoms with Crippen LogP contribution in [-0.4, -0.2) is 19.4 Å². The molecule has 5 heteroatoms. The Kier molecular flexibility index (Phi) is 4.47. The van der Waals surface area contributed by atoms with Crippen LogP contribution in [0.15, 0.2) is 21.1 Å². The lowest BCUT2D eigenvalue weighted by molar-refractivity contribution is -0.139. The van der Waals surface area contributed by atoms with Crippen molar-refractivity contribution >= 4 is 44.1 Å². The zero-order chi connectivity index (χ0) is 11.4. The van der Waals surface area contributed by atoms with Crippen LogP contribution in [0.4, 0.5) is 0 Å². The fourth-order valence-corrected chi connectivity index (χ4v) is 2.40. The zero-order valence-electron chi connectivity index (χ0n) is 7.92. The number of benzene rings is 1. The molecule has 0 aliphatic carbocycles. The number of rotatable bonds is 3. The number of esters is 1. The van der Waals surface area contributed by atoms with Gasteiger partial charge in [-0.25, -0.2) is 0 Å². The molecule has 0 amide bonds. The van der Waals surface area contributed by atoms with Crippen LogP contribution in [0.1, 0.15) is 15.9 Å². The Labute approximate surface area is 104 Å². The topological polar surface area (TPSA) is 43.4 Å². The summed E-state index contributed by atoms with van der Waals surface area (Å²) in [4.78, 5) is 21.8. The van der Waals surface area contributed by atoms with Crippen LogP contribution >= 0.6 is 31.9 Å².